The van der Waals surface area contributed by atoms with Crippen molar-refractivity contribution in [1.82, 2.24) is 20.2 Å². The maximum Gasteiger partial charge on any atom is 0.226 e. The average molecular weight is 505 g/mol. The number of unbranched alkanes of at least 4 members (excludes halogenated alkanes) is 2. The summed E-state index contributed by atoms with van der Waals surface area (Å²) in [5, 5.41) is 3.17. The van der Waals surface area contributed by atoms with E-state index >= 15 is 0 Å². The van der Waals surface area contributed by atoms with Crippen LogP contribution in [-0.2, 0) is 9.59 Å². The number of carbonyl (C=O) groups is 2. The van der Waals surface area contributed by atoms with E-state index in [4.69, 9.17) is 9.15 Å². The van der Waals surface area contributed by atoms with Crippen LogP contribution in [0.25, 0.3) is 22.5 Å². The summed E-state index contributed by atoms with van der Waals surface area (Å²) in [4.78, 5) is 35.3. The largest absolute Gasteiger partial charge is 0.481 e. The van der Waals surface area contributed by atoms with Crippen molar-refractivity contribution in [2.24, 2.45) is 5.92 Å². The summed E-state index contributed by atoms with van der Waals surface area (Å²) in [5.41, 5.74) is 2.94. The van der Waals surface area contributed by atoms with E-state index in [2.05, 4.69) is 20.2 Å². The van der Waals surface area contributed by atoms with Crippen LogP contribution in [0.15, 0.2) is 53.2 Å². The van der Waals surface area contributed by atoms with E-state index in [9.17, 15) is 9.59 Å². The quantitative estimate of drug-likeness (QED) is 0.325. The molecule has 8 heteroatoms. The molecule has 1 saturated heterocycles. The SMILES string of the molecule is CCC(=O)CCCCC[C@H](NC(=O)C1CN(C)C1)c1ncc(-c2ccc(-c3ccc(OC)nc3)cc2)o1. The fourth-order valence-electron chi connectivity index (χ4n) is 4.52. The van der Waals surface area contributed by atoms with Gasteiger partial charge in [0.2, 0.25) is 17.7 Å². The van der Waals surface area contributed by atoms with Crippen molar-refractivity contribution >= 4 is 11.7 Å². The van der Waals surface area contributed by atoms with Crippen LogP contribution < -0.4 is 10.1 Å². The number of ketones is 1. The van der Waals surface area contributed by atoms with E-state index in [1.165, 1.54) is 0 Å². The van der Waals surface area contributed by atoms with E-state index in [1.807, 2.05) is 50.4 Å². The van der Waals surface area contributed by atoms with Gasteiger partial charge in [0, 0.05) is 49.3 Å². The monoisotopic (exact) mass is 504 g/mol. The van der Waals surface area contributed by atoms with Gasteiger partial charge in [-0.25, -0.2) is 9.97 Å². The normalized spacial score (nSPS) is 14.7. The van der Waals surface area contributed by atoms with Crippen LogP contribution in [0.4, 0.5) is 0 Å². The number of nitrogens with one attached hydrogen (secondary N) is 1. The maximum atomic E-state index is 12.8. The Morgan fingerprint density at radius 2 is 1.76 bits per heavy atom. The van der Waals surface area contributed by atoms with Crippen LogP contribution in [0.2, 0.25) is 0 Å². The van der Waals surface area contributed by atoms with Gasteiger partial charge in [-0.2, -0.15) is 0 Å². The van der Waals surface area contributed by atoms with E-state index in [1.54, 1.807) is 19.5 Å². The summed E-state index contributed by atoms with van der Waals surface area (Å²) >= 11 is 0. The molecule has 1 amide bonds. The summed E-state index contributed by atoms with van der Waals surface area (Å²) in [6.07, 6.45) is 8.11. The summed E-state index contributed by atoms with van der Waals surface area (Å²) in [7, 11) is 3.61. The molecule has 1 fully saturated rings. The number of methoxy groups -OCH3 is 1. The molecule has 8 nitrogen and oxygen atoms in total. The summed E-state index contributed by atoms with van der Waals surface area (Å²) in [5.74, 6) is 2.10. The van der Waals surface area contributed by atoms with Gasteiger partial charge >= 0.3 is 0 Å². The Hall–Kier alpha value is -3.52. The molecule has 37 heavy (non-hydrogen) atoms. The second-order valence-corrected chi connectivity index (χ2v) is 9.70. The van der Waals surface area contributed by atoms with Crippen molar-refractivity contribution in [2.75, 3.05) is 27.2 Å². The topological polar surface area (TPSA) is 97.6 Å². The number of pyridine rings is 1. The van der Waals surface area contributed by atoms with Crippen molar-refractivity contribution < 1.29 is 18.7 Å². The van der Waals surface area contributed by atoms with Crippen molar-refractivity contribution in [3.63, 3.8) is 0 Å². The predicted octanol–water partition coefficient (Wildman–Crippen LogP) is 5.06. The zero-order valence-electron chi connectivity index (χ0n) is 21.9. The fourth-order valence-corrected chi connectivity index (χ4v) is 4.52. The van der Waals surface area contributed by atoms with Gasteiger partial charge < -0.3 is 19.4 Å². The third kappa shape index (κ3) is 7.04. The number of oxazole rings is 1. The second-order valence-electron chi connectivity index (χ2n) is 9.70. The highest BCUT2D eigenvalue weighted by molar-refractivity contribution is 5.80. The zero-order chi connectivity index (χ0) is 26.2. The number of Topliss-reactive ketones (excluding diaryl/α,β-unsaturated/α-hetero) is 1. The molecule has 1 atom stereocenters. The Morgan fingerprint density at radius 3 is 2.41 bits per heavy atom. The van der Waals surface area contributed by atoms with Crippen molar-refractivity contribution in [1.29, 1.82) is 0 Å². The lowest BCUT2D eigenvalue weighted by molar-refractivity contribution is -0.130. The number of amides is 1. The van der Waals surface area contributed by atoms with Gasteiger partial charge in [0.05, 0.1) is 19.2 Å². The number of hydrogen-bond donors (Lipinski definition) is 1. The molecule has 3 aromatic rings. The van der Waals surface area contributed by atoms with E-state index in [-0.39, 0.29) is 17.9 Å². The summed E-state index contributed by atoms with van der Waals surface area (Å²) in [6, 6.07) is 11.5. The Balaban J connectivity index is 1.42. The van der Waals surface area contributed by atoms with Gasteiger partial charge in [-0.3, -0.25) is 9.59 Å². The lowest BCUT2D eigenvalue weighted by Crippen LogP contribution is -2.52. The number of nitrogens with zero attached hydrogens (tertiary/aromatic N) is 3. The third-order valence-electron chi connectivity index (χ3n) is 6.86. The predicted molar refractivity (Wildman–Crippen MR) is 142 cm³/mol. The van der Waals surface area contributed by atoms with Crippen molar-refractivity contribution in [3.05, 3.63) is 54.7 Å². The Bertz CT molecular complexity index is 1170. The summed E-state index contributed by atoms with van der Waals surface area (Å²) < 4.78 is 11.3. The highest BCUT2D eigenvalue weighted by Gasteiger charge is 2.32. The van der Waals surface area contributed by atoms with Gasteiger partial charge in [-0.1, -0.05) is 44.0 Å². The smallest absolute Gasteiger partial charge is 0.226 e. The number of carbonyl (C=O) groups excluding carboxylic acids is 2. The Morgan fingerprint density at radius 1 is 1.03 bits per heavy atom. The minimum absolute atomic E-state index is 0.00379. The first-order chi connectivity index (χ1) is 18.0. The Labute approximate surface area is 218 Å². The van der Waals surface area contributed by atoms with Gasteiger partial charge in [-0.05, 0) is 31.5 Å². The number of benzene rings is 1. The minimum Gasteiger partial charge on any atom is -0.481 e. The molecule has 1 aromatic carbocycles. The first-order valence-electron chi connectivity index (χ1n) is 13.0. The van der Waals surface area contributed by atoms with Crippen LogP contribution in [0.3, 0.4) is 0 Å². The van der Waals surface area contributed by atoms with Crippen LogP contribution >= 0.6 is 0 Å². The average Bonchev–Trinajstić information content (AvgIpc) is 3.40. The molecule has 2 aromatic heterocycles. The van der Waals surface area contributed by atoms with Crippen molar-refractivity contribution in [2.45, 2.75) is 51.5 Å². The molecular formula is C29H36N4O4. The lowest BCUT2D eigenvalue weighted by Gasteiger charge is -2.35. The summed E-state index contributed by atoms with van der Waals surface area (Å²) in [6.45, 7) is 3.44. The van der Waals surface area contributed by atoms with Gasteiger partial charge in [0.15, 0.2) is 5.76 Å². The zero-order valence-corrected chi connectivity index (χ0v) is 21.9. The molecule has 1 aliphatic rings. The minimum atomic E-state index is -0.293. The molecule has 3 heterocycles. The van der Waals surface area contributed by atoms with E-state index in [0.29, 0.717) is 36.2 Å². The molecule has 0 aliphatic carbocycles. The van der Waals surface area contributed by atoms with E-state index < -0.39 is 0 Å². The molecule has 196 valence electrons. The molecule has 4 rings (SSSR count). The molecule has 0 radical (unpaired) electrons. The van der Waals surface area contributed by atoms with Gasteiger partial charge in [-0.15, -0.1) is 0 Å². The highest BCUT2D eigenvalue weighted by atomic mass is 16.5. The molecule has 1 N–H and O–H groups in total. The molecule has 0 bridgehead atoms. The first-order valence-corrected chi connectivity index (χ1v) is 13.0. The number of likely N-dealkylation sites (tertiary alicyclic amines) is 1. The van der Waals surface area contributed by atoms with E-state index in [0.717, 1.165) is 55.5 Å². The standard InChI is InChI=1S/C29H36N4O4/c1-4-24(34)8-6-5-7-9-25(32-28(35)23-18-33(2)19-23)29-31-17-26(37-29)21-12-10-20(11-13-21)22-14-15-27(36-3)30-16-22/h10-17,23,25H,4-9,18-19H2,1-3H3,(H,32,35)/t25-/m0/s1. The van der Waals surface area contributed by atoms with Crippen LogP contribution in [0, 0.1) is 5.92 Å². The first kappa shape index (κ1) is 26.5. The number of aromatic nitrogens is 2. The number of rotatable bonds is 13. The molecular weight excluding hydrogens is 468 g/mol. The third-order valence-corrected chi connectivity index (χ3v) is 6.86. The molecule has 0 spiro atoms. The highest BCUT2D eigenvalue weighted by Crippen LogP contribution is 2.29. The van der Waals surface area contributed by atoms with Crippen molar-refractivity contribution in [3.8, 4) is 28.3 Å². The molecule has 0 unspecified atom stereocenters. The number of ether oxygens (including phenoxy) is 1. The van der Waals surface area contributed by atoms with Gasteiger partial charge in [0.25, 0.3) is 0 Å². The van der Waals surface area contributed by atoms with Crippen LogP contribution in [-0.4, -0.2) is 53.8 Å². The second kappa shape index (κ2) is 12.6. The molecule has 1 aliphatic heterocycles. The Kier molecular flexibility index (Phi) is 9.06. The van der Waals surface area contributed by atoms with Gasteiger partial charge in [0.1, 0.15) is 11.8 Å². The van der Waals surface area contributed by atoms with Crippen LogP contribution in [0.1, 0.15) is 57.4 Å². The fraction of sp³-hybridized carbons (Fsp3) is 0.448. The van der Waals surface area contributed by atoms with Crippen LogP contribution in [0.5, 0.6) is 5.88 Å². The lowest BCUT2D eigenvalue weighted by atomic mass is 9.99. The maximum absolute atomic E-state index is 12.8. The number of hydrogen-bond acceptors (Lipinski definition) is 7. The molecule has 0 saturated carbocycles.